The monoisotopic (exact) mass is 654 g/mol. The van der Waals surface area contributed by atoms with Crippen LogP contribution in [-0.4, -0.2) is 65.0 Å². The fourth-order valence-corrected chi connectivity index (χ4v) is 7.93. The summed E-state index contributed by atoms with van der Waals surface area (Å²) in [6.07, 6.45) is 5.83. The van der Waals surface area contributed by atoms with E-state index in [1.807, 2.05) is 51.4 Å². The van der Waals surface area contributed by atoms with Crippen LogP contribution in [0.5, 0.6) is 5.75 Å². The number of nitrogens with one attached hydrogen (secondary N) is 1. The normalized spacial score (nSPS) is 24.6. The van der Waals surface area contributed by atoms with Crippen molar-refractivity contribution in [2.45, 2.75) is 51.2 Å². The molecule has 2 N–H and O–H groups in total. The number of carbonyl (C=O) groups is 2. The molecule has 4 aliphatic rings. The first-order valence-corrected chi connectivity index (χ1v) is 15.8. The Morgan fingerprint density at radius 2 is 1.76 bits per heavy atom. The molecule has 240 valence electrons. The van der Waals surface area contributed by atoms with Gasteiger partial charge in [-0.1, -0.05) is 23.7 Å². The first-order chi connectivity index (χ1) is 21.1. The predicted octanol–water partition coefficient (Wildman–Crippen LogP) is 7.10. The fourth-order valence-electron chi connectivity index (χ4n) is 7.76. The summed E-state index contributed by atoms with van der Waals surface area (Å²) >= 11 is 6.52. The van der Waals surface area contributed by atoms with Gasteiger partial charge in [-0.25, -0.2) is 9.78 Å². The lowest BCUT2D eigenvalue weighted by Crippen LogP contribution is -2.68. The van der Waals surface area contributed by atoms with Crippen molar-refractivity contribution in [1.29, 1.82) is 0 Å². The molecule has 1 amide bonds. The Morgan fingerprint density at radius 1 is 1.04 bits per heavy atom. The molecule has 45 heavy (non-hydrogen) atoms. The van der Waals surface area contributed by atoms with Crippen molar-refractivity contribution >= 4 is 36.1 Å². The van der Waals surface area contributed by atoms with Crippen LogP contribution in [0.2, 0.25) is 5.02 Å². The van der Waals surface area contributed by atoms with Crippen molar-refractivity contribution in [3.8, 4) is 28.3 Å². The molecule has 4 fully saturated rings. The van der Waals surface area contributed by atoms with Crippen molar-refractivity contribution in [1.82, 2.24) is 20.2 Å². The lowest BCUT2D eigenvalue weighted by molar-refractivity contribution is -0.191. The van der Waals surface area contributed by atoms with Gasteiger partial charge in [0.15, 0.2) is 5.72 Å². The minimum absolute atomic E-state index is 0. The van der Waals surface area contributed by atoms with Crippen LogP contribution in [0.3, 0.4) is 0 Å². The van der Waals surface area contributed by atoms with Gasteiger partial charge in [-0.15, -0.1) is 12.4 Å². The lowest BCUT2D eigenvalue weighted by atomic mass is 9.52. The molecule has 2 heterocycles. The van der Waals surface area contributed by atoms with Crippen molar-refractivity contribution in [2.24, 2.45) is 23.7 Å². The van der Waals surface area contributed by atoms with E-state index in [0.717, 1.165) is 61.0 Å². The van der Waals surface area contributed by atoms with Gasteiger partial charge in [0.25, 0.3) is 5.91 Å². The Hall–Kier alpha value is -3.40. The molecule has 9 nitrogen and oxygen atoms in total. The molecule has 4 bridgehead atoms. The smallest absolute Gasteiger partial charge is 0.492 e. The van der Waals surface area contributed by atoms with Crippen LogP contribution in [0.4, 0.5) is 4.79 Å². The van der Waals surface area contributed by atoms with E-state index >= 15 is 0 Å². The summed E-state index contributed by atoms with van der Waals surface area (Å²) in [5.41, 5.74) is 2.66. The molecule has 1 aromatic carbocycles. The van der Waals surface area contributed by atoms with Crippen molar-refractivity contribution in [3.05, 3.63) is 64.9 Å². The van der Waals surface area contributed by atoms with Crippen LogP contribution in [0.25, 0.3) is 22.5 Å². The highest BCUT2D eigenvalue weighted by Crippen LogP contribution is 2.58. The number of halogens is 2. The van der Waals surface area contributed by atoms with E-state index in [1.165, 1.54) is 6.42 Å². The van der Waals surface area contributed by atoms with E-state index < -0.39 is 17.8 Å². The highest BCUT2D eigenvalue weighted by atomic mass is 35.5. The zero-order valence-electron chi connectivity index (χ0n) is 25.8. The zero-order chi connectivity index (χ0) is 31.0. The van der Waals surface area contributed by atoms with Crippen molar-refractivity contribution in [3.63, 3.8) is 0 Å². The average Bonchev–Trinajstić information content (AvgIpc) is 2.98. The van der Waals surface area contributed by atoms with Gasteiger partial charge in [0.2, 0.25) is 0 Å². The van der Waals surface area contributed by atoms with Crippen LogP contribution >= 0.6 is 24.0 Å². The lowest BCUT2D eigenvalue weighted by Gasteiger charge is -2.59. The van der Waals surface area contributed by atoms with E-state index in [9.17, 15) is 14.7 Å². The SMILES string of the molecule is Cc1cccnc1-c1ccc(C(=O)NC2(OC(=O)O)C3CC4CC(C3)CC2C4)nc1-c1ccc(Cl)c(OCCCN(C)C)c1.Cl. The number of carbonyl (C=O) groups excluding carboxylic acids is 1. The van der Waals surface area contributed by atoms with E-state index in [0.29, 0.717) is 34.9 Å². The topological polar surface area (TPSA) is 114 Å². The highest BCUT2D eigenvalue weighted by molar-refractivity contribution is 6.32. The molecule has 4 aliphatic carbocycles. The highest BCUT2D eigenvalue weighted by Gasteiger charge is 2.60. The van der Waals surface area contributed by atoms with E-state index in [1.54, 1.807) is 18.3 Å². The van der Waals surface area contributed by atoms with Gasteiger partial charge in [-0.05, 0) is 107 Å². The number of nitrogens with zero attached hydrogens (tertiary/aromatic N) is 3. The number of aryl methyl sites for hydroxylation is 1. The second-order valence-corrected chi connectivity index (χ2v) is 13.2. The first-order valence-electron chi connectivity index (χ1n) is 15.4. The molecule has 0 aliphatic heterocycles. The molecule has 0 unspecified atom stereocenters. The van der Waals surface area contributed by atoms with Gasteiger partial charge in [0, 0.05) is 35.7 Å². The third-order valence-corrected chi connectivity index (χ3v) is 9.83. The molecule has 0 radical (unpaired) electrons. The molecule has 11 heteroatoms. The Labute approximate surface area is 275 Å². The van der Waals surface area contributed by atoms with Gasteiger partial charge in [-0.2, -0.15) is 0 Å². The van der Waals surface area contributed by atoms with E-state index in [2.05, 4.69) is 15.2 Å². The Kier molecular flexibility index (Phi) is 9.91. The van der Waals surface area contributed by atoms with Gasteiger partial charge in [-0.3, -0.25) is 9.78 Å². The number of hydrogen-bond donors (Lipinski definition) is 2. The fraction of sp³-hybridized carbons (Fsp3) is 0.471. The van der Waals surface area contributed by atoms with Crippen LogP contribution in [0.15, 0.2) is 48.7 Å². The van der Waals surface area contributed by atoms with Crippen molar-refractivity contribution < 1.29 is 24.2 Å². The Bertz CT molecular complexity index is 1540. The number of carboxylic acid groups (broad SMARTS) is 1. The molecule has 0 saturated heterocycles. The number of benzene rings is 1. The average molecular weight is 656 g/mol. The molecule has 0 spiro atoms. The summed E-state index contributed by atoms with van der Waals surface area (Å²) in [5.74, 6) is 1.11. The van der Waals surface area contributed by atoms with Crippen molar-refractivity contribution in [2.75, 3.05) is 27.2 Å². The number of ether oxygens (including phenoxy) is 2. The summed E-state index contributed by atoms with van der Waals surface area (Å²) in [5, 5.41) is 13.3. The second-order valence-electron chi connectivity index (χ2n) is 12.8. The number of amides is 1. The molecule has 3 aromatic rings. The third kappa shape index (κ3) is 6.76. The molecular formula is C34H40Cl2N4O5. The van der Waals surface area contributed by atoms with Gasteiger partial charge >= 0.3 is 6.16 Å². The predicted molar refractivity (Wildman–Crippen MR) is 175 cm³/mol. The maximum atomic E-state index is 14.0. The molecule has 2 aromatic heterocycles. The summed E-state index contributed by atoms with van der Waals surface area (Å²) in [7, 11) is 4.03. The van der Waals surface area contributed by atoms with Crippen LogP contribution in [0, 0.1) is 30.6 Å². The number of aromatic nitrogens is 2. The second kappa shape index (κ2) is 13.5. The molecular weight excluding hydrogens is 615 g/mol. The van der Waals surface area contributed by atoms with Gasteiger partial charge in [0.05, 0.1) is 23.0 Å². The molecule has 0 atom stereocenters. The minimum Gasteiger partial charge on any atom is -0.492 e. The van der Waals surface area contributed by atoms with Crippen LogP contribution in [0.1, 0.15) is 54.6 Å². The van der Waals surface area contributed by atoms with Crippen LogP contribution < -0.4 is 10.1 Å². The summed E-state index contributed by atoms with van der Waals surface area (Å²) in [6.45, 7) is 3.36. The third-order valence-electron chi connectivity index (χ3n) is 9.52. The number of hydrogen-bond acceptors (Lipinski definition) is 7. The first kappa shape index (κ1) is 33.0. The number of pyridine rings is 2. The largest absolute Gasteiger partial charge is 0.507 e. The Morgan fingerprint density at radius 3 is 2.40 bits per heavy atom. The maximum absolute atomic E-state index is 14.0. The van der Waals surface area contributed by atoms with E-state index in [4.69, 9.17) is 26.1 Å². The minimum atomic E-state index is -1.37. The summed E-state index contributed by atoms with van der Waals surface area (Å²) in [4.78, 5) is 37.5. The number of rotatable bonds is 10. The van der Waals surface area contributed by atoms with Gasteiger partial charge in [0.1, 0.15) is 11.4 Å². The quantitative estimate of drug-likeness (QED) is 0.135. The molecule has 7 rings (SSSR count). The van der Waals surface area contributed by atoms with E-state index in [-0.39, 0.29) is 29.9 Å². The molecule has 4 saturated carbocycles. The standard InChI is InChI=1S/C34H39ClN4O5.ClH/c1-20-6-4-11-36-30(20)26-8-10-28(37-31(26)23-7-9-27(35)29(19-23)43-13-5-12-39(2)3)32(40)38-34(44-33(41)42)24-15-21-14-22(17-24)18-25(34)16-21;/h4,6-11,19,21-22,24-25H,5,12-18H2,1-3H3,(H,38,40)(H,41,42);1H. The summed E-state index contributed by atoms with van der Waals surface area (Å²) < 4.78 is 11.7. The van der Waals surface area contributed by atoms with Gasteiger partial charge < -0.3 is 24.8 Å². The Balaban J connectivity index is 0.00000400. The maximum Gasteiger partial charge on any atom is 0.507 e. The summed E-state index contributed by atoms with van der Waals surface area (Å²) in [6, 6.07) is 12.8. The van der Waals surface area contributed by atoms with Crippen LogP contribution in [-0.2, 0) is 4.74 Å². The zero-order valence-corrected chi connectivity index (χ0v) is 27.4.